The van der Waals surface area contributed by atoms with Gasteiger partial charge >= 0.3 is 6.18 Å². The molecule has 3 aromatic rings. The summed E-state index contributed by atoms with van der Waals surface area (Å²) in [5.74, 6) is 0.266. The number of nitrogens with two attached hydrogens (primary N) is 1. The Morgan fingerprint density at radius 1 is 1.32 bits per heavy atom. The number of aryl methyl sites for hydroxylation is 1. The topological polar surface area (TPSA) is 106 Å². The third-order valence-corrected chi connectivity index (χ3v) is 5.65. The molecule has 0 saturated heterocycles. The Labute approximate surface area is 215 Å². The van der Waals surface area contributed by atoms with E-state index < -0.39 is 17.5 Å². The van der Waals surface area contributed by atoms with Crippen molar-refractivity contribution in [3.63, 3.8) is 0 Å². The van der Waals surface area contributed by atoms with Crippen molar-refractivity contribution in [2.45, 2.75) is 19.5 Å². The van der Waals surface area contributed by atoms with Crippen molar-refractivity contribution >= 4 is 40.5 Å². The van der Waals surface area contributed by atoms with Crippen LogP contribution in [-0.4, -0.2) is 31.9 Å². The molecule has 0 aliphatic carbocycles. The maximum atomic E-state index is 14.2. The van der Waals surface area contributed by atoms with Crippen molar-refractivity contribution in [3.05, 3.63) is 95.3 Å². The van der Waals surface area contributed by atoms with Crippen molar-refractivity contribution in [1.29, 1.82) is 0 Å². The van der Waals surface area contributed by atoms with Crippen LogP contribution in [-0.2, 0) is 6.42 Å². The molecule has 4 N–H and O–H groups in total. The molecule has 0 unspecified atom stereocenters. The molecule has 0 bridgehead atoms. The van der Waals surface area contributed by atoms with Crippen LogP contribution in [0.3, 0.4) is 0 Å². The van der Waals surface area contributed by atoms with E-state index in [1.54, 1.807) is 30.6 Å². The zero-order valence-corrected chi connectivity index (χ0v) is 20.4. The van der Waals surface area contributed by atoms with Crippen LogP contribution in [0.25, 0.3) is 17.6 Å². The van der Waals surface area contributed by atoms with Crippen LogP contribution < -0.4 is 16.4 Å². The van der Waals surface area contributed by atoms with Gasteiger partial charge in [0.05, 0.1) is 34.5 Å². The summed E-state index contributed by atoms with van der Waals surface area (Å²) >= 11 is 6.34. The number of aromatic nitrogens is 4. The van der Waals surface area contributed by atoms with E-state index in [0.717, 1.165) is 11.9 Å². The normalized spacial score (nSPS) is 13.8. The minimum atomic E-state index is -4.84. The van der Waals surface area contributed by atoms with E-state index in [0.29, 0.717) is 23.2 Å². The number of nitrogens with one attached hydrogen (secondary N) is 2. The van der Waals surface area contributed by atoms with E-state index in [9.17, 15) is 13.2 Å². The molecule has 12 heteroatoms. The van der Waals surface area contributed by atoms with Crippen LogP contribution in [0, 0.1) is 0 Å². The standard InChI is InChI=1S/C25H22ClF3N8/c1-4-16-13-33-37(36-16)24-21(26)10-17(12-32-24)34-15(3)20(11-30)23(25(27,28)29)35-22-7-5-6-18-14(2)31-9-8-19(18)22/h5-13,31,34H,2-4,30H2,1H3. The average Bonchev–Trinajstić information content (AvgIpc) is 3.33. The highest BCUT2D eigenvalue weighted by Crippen LogP contribution is 2.34. The Kier molecular flexibility index (Phi) is 7.16. The molecule has 3 heterocycles. The quantitative estimate of drug-likeness (QED) is 0.276. The molecule has 8 nitrogen and oxygen atoms in total. The fourth-order valence-corrected chi connectivity index (χ4v) is 3.80. The minimum absolute atomic E-state index is 0.100. The average molecular weight is 527 g/mol. The van der Waals surface area contributed by atoms with Gasteiger partial charge in [-0.15, -0.1) is 4.80 Å². The zero-order chi connectivity index (χ0) is 26.7. The van der Waals surface area contributed by atoms with E-state index in [2.05, 4.69) is 44.0 Å². The Bertz CT molecular complexity index is 1470. The van der Waals surface area contributed by atoms with Crippen molar-refractivity contribution < 1.29 is 13.2 Å². The first-order valence-corrected chi connectivity index (χ1v) is 11.4. The van der Waals surface area contributed by atoms with Gasteiger partial charge in [-0.2, -0.15) is 23.4 Å². The van der Waals surface area contributed by atoms with Gasteiger partial charge in [0.1, 0.15) is 0 Å². The van der Waals surface area contributed by atoms with E-state index >= 15 is 0 Å². The van der Waals surface area contributed by atoms with Gasteiger partial charge in [-0.25, -0.2) is 9.98 Å². The Morgan fingerprint density at radius 2 is 2.11 bits per heavy atom. The fraction of sp³-hybridized carbons (Fsp3) is 0.120. The summed E-state index contributed by atoms with van der Waals surface area (Å²) in [6.45, 7) is 9.55. The van der Waals surface area contributed by atoms with Crippen LogP contribution in [0.15, 0.2) is 78.5 Å². The number of hydrogen-bond acceptors (Lipinski definition) is 7. The van der Waals surface area contributed by atoms with Gasteiger partial charge < -0.3 is 16.4 Å². The second kappa shape index (κ2) is 10.3. The Morgan fingerprint density at radius 3 is 2.76 bits per heavy atom. The molecule has 0 spiro atoms. The maximum absolute atomic E-state index is 14.2. The van der Waals surface area contributed by atoms with Gasteiger partial charge in [0.15, 0.2) is 11.5 Å². The number of alkyl halides is 3. The second-order valence-electron chi connectivity index (χ2n) is 7.84. The number of aliphatic imine (C=N–C) groups is 1. The highest BCUT2D eigenvalue weighted by atomic mass is 35.5. The number of nitrogens with zero attached hydrogens (tertiary/aromatic N) is 5. The maximum Gasteiger partial charge on any atom is 0.434 e. The van der Waals surface area contributed by atoms with E-state index in [1.165, 1.54) is 23.1 Å². The fourth-order valence-electron chi connectivity index (χ4n) is 3.56. The summed E-state index contributed by atoms with van der Waals surface area (Å²) in [5, 5.41) is 14.3. The molecule has 4 rings (SSSR count). The predicted molar refractivity (Wildman–Crippen MR) is 139 cm³/mol. The zero-order valence-electron chi connectivity index (χ0n) is 19.6. The molecular weight excluding hydrogens is 505 g/mol. The summed E-state index contributed by atoms with van der Waals surface area (Å²) in [7, 11) is 0. The molecule has 190 valence electrons. The van der Waals surface area contributed by atoms with Gasteiger partial charge in [-0.05, 0) is 24.6 Å². The highest BCUT2D eigenvalue weighted by molar-refractivity contribution is 6.32. The first-order valence-electron chi connectivity index (χ1n) is 11.0. The monoisotopic (exact) mass is 526 g/mol. The summed E-state index contributed by atoms with van der Waals surface area (Å²) in [4.78, 5) is 9.46. The van der Waals surface area contributed by atoms with Crippen molar-refractivity contribution in [3.8, 4) is 5.82 Å². The third kappa shape index (κ3) is 5.41. The second-order valence-corrected chi connectivity index (χ2v) is 8.25. The molecule has 0 atom stereocenters. The molecule has 0 amide bonds. The lowest BCUT2D eigenvalue weighted by atomic mass is 10.00. The molecule has 0 radical (unpaired) electrons. The summed E-state index contributed by atoms with van der Waals surface area (Å²) in [5.41, 5.74) is 6.64. The number of hydrogen-bond donors (Lipinski definition) is 3. The molecule has 2 aromatic heterocycles. The minimum Gasteiger partial charge on any atom is -0.404 e. The smallest absolute Gasteiger partial charge is 0.404 e. The van der Waals surface area contributed by atoms with Gasteiger partial charge in [0, 0.05) is 40.5 Å². The van der Waals surface area contributed by atoms with Gasteiger partial charge in [-0.1, -0.05) is 43.8 Å². The molecule has 1 aliphatic rings. The summed E-state index contributed by atoms with van der Waals surface area (Å²) in [6, 6.07) is 6.29. The summed E-state index contributed by atoms with van der Waals surface area (Å²) in [6.07, 6.45) is 2.82. The van der Waals surface area contributed by atoms with Crippen molar-refractivity contribution in [2.75, 3.05) is 5.32 Å². The van der Waals surface area contributed by atoms with Crippen LogP contribution >= 0.6 is 11.6 Å². The largest absolute Gasteiger partial charge is 0.434 e. The first kappa shape index (κ1) is 25.7. The highest BCUT2D eigenvalue weighted by Gasteiger charge is 2.39. The summed E-state index contributed by atoms with van der Waals surface area (Å²) < 4.78 is 42.6. The molecule has 0 saturated carbocycles. The van der Waals surface area contributed by atoms with Crippen molar-refractivity contribution in [2.24, 2.45) is 10.7 Å². The molecule has 37 heavy (non-hydrogen) atoms. The number of pyridine rings is 1. The van der Waals surface area contributed by atoms with E-state index in [1.807, 2.05) is 6.92 Å². The lowest BCUT2D eigenvalue weighted by Gasteiger charge is -2.20. The molecule has 1 aliphatic heterocycles. The lowest BCUT2D eigenvalue weighted by molar-refractivity contribution is -0.0580. The Balaban J connectivity index is 1.65. The van der Waals surface area contributed by atoms with E-state index in [-0.39, 0.29) is 27.9 Å². The predicted octanol–water partition coefficient (Wildman–Crippen LogP) is 5.53. The van der Waals surface area contributed by atoms with Crippen LogP contribution in [0.5, 0.6) is 0 Å². The number of anilines is 1. The third-order valence-electron chi connectivity index (χ3n) is 5.37. The molecular formula is C25H22ClF3N8. The molecule has 1 aromatic carbocycles. The van der Waals surface area contributed by atoms with Crippen LogP contribution in [0.2, 0.25) is 5.02 Å². The number of fused-ring (bicyclic) bond motifs is 1. The SMILES string of the molecule is C=C(Nc1cnc(-n2ncc(CC)n2)c(Cl)c1)C(=CN)C(=Nc1cccc2c1C=CNC2=C)C(F)(F)F. The number of allylic oxidation sites excluding steroid dienone is 1. The van der Waals surface area contributed by atoms with Crippen LogP contribution in [0.1, 0.15) is 23.7 Å². The van der Waals surface area contributed by atoms with Gasteiger partial charge in [0.2, 0.25) is 0 Å². The number of rotatable bonds is 7. The Hall–Kier alpha value is -4.38. The lowest BCUT2D eigenvalue weighted by Crippen LogP contribution is -2.28. The van der Waals surface area contributed by atoms with Gasteiger partial charge in [-0.3, -0.25) is 0 Å². The van der Waals surface area contributed by atoms with Gasteiger partial charge in [0.25, 0.3) is 0 Å². The number of benzene rings is 1. The number of halogens is 4. The first-order chi connectivity index (χ1) is 17.6. The van der Waals surface area contributed by atoms with E-state index in [4.69, 9.17) is 17.3 Å². The molecule has 0 fully saturated rings. The van der Waals surface area contributed by atoms with Crippen LogP contribution in [0.4, 0.5) is 24.5 Å². The van der Waals surface area contributed by atoms with Crippen molar-refractivity contribution in [1.82, 2.24) is 25.3 Å².